The van der Waals surface area contributed by atoms with Crippen molar-refractivity contribution in [3.05, 3.63) is 60.7 Å². The van der Waals surface area contributed by atoms with E-state index in [2.05, 4.69) is 14.9 Å². The predicted molar refractivity (Wildman–Crippen MR) is 86.3 cm³/mol. The standard InChI is InChI=1S/C17H18N4O/c22-17(5-4-15-3-1-2-8-19-15)21-13-11-20(12-14-21)16-6-9-18-10-7-16/h1-10H,11-14H2/b5-4+. The third-order valence-electron chi connectivity index (χ3n) is 3.70. The highest BCUT2D eigenvalue weighted by Gasteiger charge is 2.19. The van der Waals surface area contributed by atoms with Crippen LogP contribution in [0.25, 0.3) is 6.08 Å². The first-order valence-electron chi connectivity index (χ1n) is 7.36. The summed E-state index contributed by atoms with van der Waals surface area (Å²) in [5, 5.41) is 0. The molecule has 5 nitrogen and oxygen atoms in total. The van der Waals surface area contributed by atoms with Crippen LogP contribution >= 0.6 is 0 Å². The van der Waals surface area contributed by atoms with E-state index in [4.69, 9.17) is 0 Å². The summed E-state index contributed by atoms with van der Waals surface area (Å²) in [5.74, 6) is 0.0417. The van der Waals surface area contributed by atoms with Crippen LogP contribution in [-0.2, 0) is 4.79 Å². The number of rotatable bonds is 3. The highest BCUT2D eigenvalue weighted by Crippen LogP contribution is 2.14. The number of aromatic nitrogens is 2. The topological polar surface area (TPSA) is 49.3 Å². The molecule has 1 aliphatic heterocycles. The van der Waals surface area contributed by atoms with E-state index in [1.165, 1.54) is 0 Å². The first-order valence-corrected chi connectivity index (χ1v) is 7.36. The molecule has 112 valence electrons. The minimum atomic E-state index is 0.0417. The van der Waals surface area contributed by atoms with Crippen LogP contribution in [0.5, 0.6) is 0 Å². The normalized spacial score (nSPS) is 15.3. The Labute approximate surface area is 129 Å². The Balaban J connectivity index is 1.55. The van der Waals surface area contributed by atoms with Crippen molar-refractivity contribution in [1.82, 2.24) is 14.9 Å². The summed E-state index contributed by atoms with van der Waals surface area (Å²) in [7, 11) is 0. The zero-order valence-corrected chi connectivity index (χ0v) is 12.3. The third-order valence-corrected chi connectivity index (χ3v) is 3.70. The van der Waals surface area contributed by atoms with Crippen LogP contribution in [-0.4, -0.2) is 47.0 Å². The summed E-state index contributed by atoms with van der Waals surface area (Å²) in [6.07, 6.45) is 8.67. The molecule has 0 bridgehead atoms. The van der Waals surface area contributed by atoms with Crippen LogP contribution in [0.2, 0.25) is 0 Å². The zero-order chi connectivity index (χ0) is 15.2. The van der Waals surface area contributed by atoms with E-state index in [9.17, 15) is 4.79 Å². The molecule has 1 fully saturated rings. The molecule has 2 aromatic heterocycles. The summed E-state index contributed by atoms with van der Waals surface area (Å²) >= 11 is 0. The number of hydrogen-bond donors (Lipinski definition) is 0. The fraction of sp³-hybridized carbons (Fsp3) is 0.235. The molecule has 0 spiro atoms. The average Bonchev–Trinajstić information content (AvgIpc) is 2.61. The minimum Gasteiger partial charge on any atom is -0.368 e. The fourth-order valence-electron chi connectivity index (χ4n) is 2.48. The summed E-state index contributed by atoms with van der Waals surface area (Å²) in [5.41, 5.74) is 1.96. The fourth-order valence-corrected chi connectivity index (χ4v) is 2.48. The van der Waals surface area contributed by atoms with E-state index >= 15 is 0 Å². The summed E-state index contributed by atoms with van der Waals surface area (Å²) in [6, 6.07) is 9.64. The molecule has 0 atom stereocenters. The summed E-state index contributed by atoms with van der Waals surface area (Å²) < 4.78 is 0. The predicted octanol–water partition coefficient (Wildman–Crippen LogP) is 1.84. The van der Waals surface area contributed by atoms with Gasteiger partial charge in [0.15, 0.2) is 0 Å². The van der Waals surface area contributed by atoms with Gasteiger partial charge in [-0.1, -0.05) is 6.07 Å². The van der Waals surface area contributed by atoms with Crippen LogP contribution in [0.15, 0.2) is 55.0 Å². The molecular formula is C17H18N4O. The van der Waals surface area contributed by atoms with Crippen molar-refractivity contribution in [2.75, 3.05) is 31.1 Å². The van der Waals surface area contributed by atoms with E-state index in [1.807, 2.05) is 35.2 Å². The molecule has 0 aliphatic carbocycles. The number of carbonyl (C=O) groups excluding carboxylic acids is 1. The maximum atomic E-state index is 12.2. The first kappa shape index (κ1) is 14.3. The lowest BCUT2D eigenvalue weighted by atomic mass is 10.2. The Kier molecular flexibility index (Phi) is 4.44. The first-order chi connectivity index (χ1) is 10.8. The number of hydrogen-bond acceptors (Lipinski definition) is 4. The zero-order valence-electron chi connectivity index (χ0n) is 12.3. The van der Waals surface area contributed by atoms with Gasteiger partial charge >= 0.3 is 0 Å². The van der Waals surface area contributed by atoms with Gasteiger partial charge in [-0.05, 0) is 30.3 Å². The van der Waals surface area contributed by atoms with E-state index in [-0.39, 0.29) is 5.91 Å². The molecule has 2 aromatic rings. The molecule has 5 heteroatoms. The van der Waals surface area contributed by atoms with Gasteiger partial charge in [0.1, 0.15) is 0 Å². The minimum absolute atomic E-state index is 0.0417. The second kappa shape index (κ2) is 6.85. The molecule has 3 rings (SSSR count). The molecular weight excluding hydrogens is 276 g/mol. The highest BCUT2D eigenvalue weighted by molar-refractivity contribution is 5.91. The van der Waals surface area contributed by atoms with Gasteiger partial charge in [0, 0.05) is 56.5 Å². The second-order valence-electron chi connectivity index (χ2n) is 5.11. The number of piperazine rings is 1. The quantitative estimate of drug-likeness (QED) is 0.811. The van der Waals surface area contributed by atoms with Crippen molar-refractivity contribution < 1.29 is 4.79 Å². The number of anilines is 1. The molecule has 1 saturated heterocycles. The number of nitrogens with zero attached hydrogens (tertiary/aromatic N) is 4. The number of carbonyl (C=O) groups is 1. The van der Waals surface area contributed by atoms with Crippen LogP contribution < -0.4 is 4.90 Å². The smallest absolute Gasteiger partial charge is 0.246 e. The molecule has 22 heavy (non-hydrogen) atoms. The Morgan fingerprint density at radius 3 is 2.45 bits per heavy atom. The van der Waals surface area contributed by atoms with Crippen molar-refractivity contribution in [2.24, 2.45) is 0 Å². The molecule has 0 unspecified atom stereocenters. The van der Waals surface area contributed by atoms with Crippen molar-refractivity contribution in [3.8, 4) is 0 Å². The number of pyridine rings is 2. The van der Waals surface area contributed by atoms with E-state index in [0.717, 1.165) is 37.6 Å². The lowest BCUT2D eigenvalue weighted by Gasteiger charge is -2.35. The lowest BCUT2D eigenvalue weighted by Crippen LogP contribution is -2.48. The van der Waals surface area contributed by atoms with Gasteiger partial charge in [0.25, 0.3) is 0 Å². The van der Waals surface area contributed by atoms with Gasteiger partial charge in [0.2, 0.25) is 5.91 Å². The summed E-state index contributed by atoms with van der Waals surface area (Å²) in [6.45, 7) is 3.14. The summed E-state index contributed by atoms with van der Waals surface area (Å²) in [4.78, 5) is 24.5. The molecule has 3 heterocycles. The Morgan fingerprint density at radius 1 is 1.00 bits per heavy atom. The van der Waals surface area contributed by atoms with Gasteiger partial charge in [0.05, 0.1) is 5.69 Å². The average molecular weight is 294 g/mol. The SMILES string of the molecule is O=C(/C=C/c1ccccn1)N1CCN(c2ccncc2)CC1. The van der Waals surface area contributed by atoms with Crippen LogP contribution in [0.4, 0.5) is 5.69 Å². The monoisotopic (exact) mass is 294 g/mol. The van der Waals surface area contributed by atoms with Crippen molar-refractivity contribution in [3.63, 3.8) is 0 Å². The van der Waals surface area contributed by atoms with Crippen molar-refractivity contribution >= 4 is 17.7 Å². The molecule has 0 radical (unpaired) electrons. The Bertz CT molecular complexity index is 634. The Hall–Kier alpha value is -2.69. The van der Waals surface area contributed by atoms with Gasteiger partial charge in [-0.25, -0.2) is 0 Å². The maximum Gasteiger partial charge on any atom is 0.246 e. The Morgan fingerprint density at radius 2 is 1.77 bits per heavy atom. The van der Waals surface area contributed by atoms with Crippen molar-refractivity contribution in [2.45, 2.75) is 0 Å². The molecule has 0 saturated carbocycles. The van der Waals surface area contributed by atoms with Crippen LogP contribution in [0.1, 0.15) is 5.69 Å². The van der Waals surface area contributed by atoms with Crippen LogP contribution in [0, 0.1) is 0 Å². The van der Waals surface area contributed by atoms with Gasteiger partial charge in [-0.2, -0.15) is 0 Å². The molecule has 1 aliphatic rings. The number of amides is 1. The van der Waals surface area contributed by atoms with E-state index < -0.39 is 0 Å². The van der Waals surface area contributed by atoms with E-state index in [1.54, 1.807) is 30.7 Å². The molecule has 0 N–H and O–H groups in total. The highest BCUT2D eigenvalue weighted by atomic mass is 16.2. The van der Waals surface area contributed by atoms with Gasteiger partial charge in [-0.15, -0.1) is 0 Å². The van der Waals surface area contributed by atoms with Gasteiger partial charge in [-0.3, -0.25) is 14.8 Å². The third kappa shape index (κ3) is 3.49. The van der Waals surface area contributed by atoms with Crippen molar-refractivity contribution in [1.29, 1.82) is 0 Å². The second-order valence-corrected chi connectivity index (χ2v) is 5.11. The van der Waals surface area contributed by atoms with Gasteiger partial charge < -0.3 is 9.80 Å². The van der Waals surface area contributed by atoms with Crippen LogP contribution in [0.3, 0.4) is 0 Å². The van der Waals surface area contributed by atoms with E-state index in [0.29, 0.717) is 0 Å². The largest absolute Gasteiger partial charge is 0.368 e. The molecule has 0 aromatic carbocycles. The molecule has 1 amide bonds. The lowest BCUT2D eigenvalue weighted by molar-refractivity contribution is -0.126. The maximum absolute atomic E-state index is 12.2.